The highest BCUT2D eigenvalue weighted by Gasteiger charge is 2.22. The van der Waals surface area contributed by atoms with Crippen molar-refractivity contribution in [3.05, 3.63) is 75.5 Å². The molecule has 27 heavy (non-hydrogen) atoms. The molecule has 0 unspecified atom stereocenters. The molecule has 0 bridgehead atoms. The zero-order chi connectivity index (χ0) is 19.7. The minimum atomic E-state index is -0.894. The largest absolute Gasteiger partial charge is 0.349 e. The van der Waals surface area contributed by atoms with E-state index >= 15 is 0 Å². The van der Waals surface area contributed by atoms with Gasteiger partial charge >= 0.3 is 0 Å². The number of aromatic amines is 1. The number of hydrogen-bond donors (Lipinski definition) is 2. The number of carbonyl (C=O) groups excluding carboxylic acids is 1. The van der Waals surface area contributed by atoms with Gasteiger partial charge in [0.05, 0.1) is 23.0 Å². The number of fused-ring (bicyclic) bond motifs is 1. The van der Waals surface area contributed by atoms with Gasteiger partial charge in [-0.2, -0.15) is 4.39 Å². The van der Waals surface area contributed by atoms with Gasteiger partial charge in [0.1, 0.15) is 11.6 Å². The number of nitrogens with zero attached hydrogens (tertiary/aromatic N) is 1. The summed E-state index contributed by atoms with van der Waals surface area (Å²) in [5.74, 6) is -3.64. The van der Waals surface area contributed by atoms with Gasteiger partial charge in [-0.15, -0.1) is 0 Å². The first-order valence-corrected chi connectivity index (χ1v) is 8.21. The van der Waals surface area contributed by atoms with Gasteiger partial charge in [0, 0.05) is 17.2 Å². The van der Waals surface area contributed by atoms with Crippen molar-refractivity contribution >= 4 is 16.9 Å². The van der Waals surface area contributed by atoms with Crippen molar-refractivity contribution in [2.45, 2.75) is 25.8 Å². The zero-order valence-electron chi connectivity index (χ0n) is 14.5. The molecule has 0 saturated heterocycles. The number of amides is 1. The van der Waals surface area contributed by atoms with Crippen LogP contribution in [0.25, 0.3) is 11.0 Å². The number of rotatable bonds is 4. The number of pyridine rings is 2. The molecule has 0 aliphatic carbocycles. The van der Waals surface area contributed by atoms with Crippen LogP contribution in [0.5, 0.6) is 0 Å². The maximum absolute atomic E-state index is 13.9. The van der Waals surface area contributed by atoms with E-state index in [9.17, 15) is 22.8 Å². The lowest BCUT2D eigenvalue weighted by molar-refractivity contribution is -0.122. The van der Waals surface area contributed by atoms with E-state index in [-0.39, 0.29) is 16.6 Å². The summed E-state index contributed by atoms with van der Waals surface area (Å²) in [6.45, 7) is 3.04. The molecule has 3 aromatic rings. The van der Waals surface area contributed by atoms with Crippen molar-refractivity contribution in [2.24, 2.45) is 0 Å². The van der Waals surface area contributed by atoms with Crippen molar-refractivity contribution in [3.8, 4) is 0 Å². The number of nitrogens with one attached hydrogen (secondary N) is 2. The fourth-order valence-corrected chi connectivity index (χ4v) is 2.80. The van der Waals surface area contributed by atoms with Crippen LogP contribution >= 0.6 is 0 Å². The maximum atomic E-state index is 13.9. The van der Waals surface area contributed by atoms with Crippen molar-refractivity contribution < 1.29 is 18.0 Å². The Morgan fingerprint density at radius 3 is 2.52 bits per heavy atom. The second-order valence-corrected chi connectivity index (χ2v) is 6.24. The summed E-state index contributed by atoms with van der Waals surface area (Å²) in [6.07, 6.45) is 0. The molecule has 0 fully saturated rings. The van der Waals surface area contributed by atoms with E-state index in [1.165, 1.54) is 25.1 Å². The number of benzene rings is 1. The highest BCUT2D eigenvalue weighted by Crippen LogP contribution is 2.21. The lowest BCUT2D eigenvalue weighted by Gasteiger charge is -2.18. The Morgan fingerprint density at radius 2 is 1.81 bits per heavy atom. The van der Waals surface area contributed by atoms with Crippen LogP contribution in [0.15, 0.2) is 41.2 Å². The molecule has 0 saturated carbocycles. The Balaban J connectivity index is 1.85. The second-order valence-electron chi connectivity index (χ2n) is 6.24. The summed E-state index contributed by atoms with van der Waals surface area (Å²) in [7, 11) is 0. The molecule has 0 radical (unpaired) electrons. The van der Waals surface area contributed by atoms with E-state index in [0.29, 0.717) is 5.52 Å². The lowest BCUT2D eigenvalue weighted by Crippen LogP contribution is -2.33. The Morgan fingerprint density at radius 1 is 1.07 bits per heavy atom. The number of hydrogen-bond acceptors (Lipinski definition) is 3. The van der Waals surface area contributed by atoms with Crippen molar-refractivity contribution in [2.75, 3.05) is 0 Å². The van der Waals surface area contributed by atoms with Gasteiger partial charge in [-0.1, -0.05) is 6.07 Å². The molecule has 2 aromatic heterocycles. The second kappa shape index (κ2) is 7.22. The minimum absolute atomic E-state index is 0.102. The fourth-order valence-electron chi connectivity index (χ4n) is 2.80. The summed E-state index contributed by atoms with van der Waals surface area (Å²) in [5.41, 5.74) is 0.276. The average Bonchev–Trinajstić information content (AvgIpc) is 2.60. The summed E-state index contributed by atoms with van der Waals surface area (Å²) in [6, 6.07) is 6.19. The van der Waals surface area contributed by atoms with Crippen LogP contribution in [0.2, 0.25) is 0 Å². The summed E-state index contributed by atoms with van der Waals surface area (Å²) in [5, 5.41) is 2.59. The molecule has 1 amide bonds. The van der Waals surface area contributed by atoms with E-state index in [1.54, 1.807) is 6.92 Å². The maximum Gasteiger partial charge on any atom is 0.252 e. The van der Waals surface area contributed by atoms with E-state index in [2.05, 4.69) is 15.3 Å². The van der Waals surface area contributed by atoms with Crippen LogP contribution in [0.3, 0.4) is 0 Å². The van der Waals surface area contributed by atoms with Crippen LogP contribution in [0.1, 0.15) is 36.9 Å². The molecule has 0 spiro atoms. The highest BCUT2D eigenvalue weighted by atomic mass is 19.1. The van der Waals surface area contributed by atoms with Crippen LogP contribution in [0, 0.1) is 17.6 Å². The topological polar surface area (TPSA) is 74.8 Å². The van der Waals surface area contributed by atoms with Crippen molar-refractivity contribution in [1.29, 1.82) is 0 Å². The van der Waals surface area contributed by atoms with Gasteiger partial charge < -0.3 is 10.3 Å². The van der Waals surface area contributed by atoms with Crippen LogP contribution in [-0.2, 0) is 4.79 Å². The predicted molar refractivity (Wildman–Crippen MR) is 93.7 cm³/mol. The first-order chi connectivity index (χ1) is 12.8. The summed E-state index contributed by atoms with van der Waals surface area (Å²) >= 11 is 0. The van der Waals surface area contributed by atoms with Gasteiger partial charge in [0.25, 0.3) is 5.56 Å². The third-order valence-electron chi connectivity index (χ3n) is 4.34. The Kier molecular flexibility index (Phi) is 4.98. The Bertz CT molecular complexity index is 1080. The van der Waals surface area contributed by atoms with Gasteiger partial charge in [-0.05, 0) is 38.1 Å². The summed E-state index contributed by atoms with van der Waals surface area (Å²) < 4.78 is 40.2. The fraction of sp³-hybridized carbons (Fsp3) is 0.211. The molecule has 2 atom stereocenters. The number of aromatic nitrogens is 2. The quantitative estimate of drug-likeness (QED) is 0.687. The predicted octanol–water partition coefficient (Wildman–Crippen LogP) is 3.32. The number of carbonyl (C=O) groups is 1. The SMILES string of the molecule is C[C@H](NC(=O)[C@@H](C)c1cc2nc(F)ccc2[nH]c1=O)c1ccc(F)cc1F. The smallest absolute Gasteiger partial charge is 0.252 e. The molecule has 140 valence electrons. The average molecular weight is 375 g/mol. The zero-order valence-corrected chi connectivity index (χ0v) is 14.5. The lowest BCUT2D eigenvalue weighted by atomic mass is 10.00. The van der Waals surface area contributed by atoms with Crippen LogP contribution in [-0.4, -0.2) is 15.9 Å². The molecule has 5 nitrogen and oxygen atoms in total. The molecular weight excluding hydrogens is 359 g/mol. The van der Waals surface area contributed by atoms with Crippen molar-refractivity contribution in [3.63, 3.8) is 0 Å². The highest BCUT2D eigenvalue weighted by molar-refractivity contribution is 5.85. The van der Waals surface area contributed by atoms with Gasteiger partial charge in [0.15, 0.2) is 0 Å². The van der Waals surface area contributed by atoms with Gasteiger partial charge in [-0.3, -0.25) is 9.59 Å². The van der Waals surface area contributed by atoms with E-state index in [4.69, 9.17) is 0 Å². The Hall–Kier alpha value is -3.16. The summed E-state index contributed by atoms with van der Waals surface area (Å²) in [4.78, 5) is 31.0. The Labute approximate surface area is 152 Å². The number of halogens is 3. The van der Waals surface area contributed by atoms with Crippen molar-refractivity contribution in [1.82, 2.24) is 15.3 Å². The normalized spacial score (nSPS) is 13.4. The molecule has 0 aliphatic rings. The first kappa shape index (κ1) is 18.6. The van der Waals surface area contributed by atoms with Crippen LogP contribution < -0.4 is 10.9 Å². The molecule has 8 heteroatoms. The van der Waals surface area contributed by atoms with E-state index in [1.807, 2.05) is 0 Å². The molecule has 2 heterocycles. The molecule has 2 N–H and O–H groups in total. The molecular formula is C19H16F3N3O2. The standard InChI is InChI=1S/C19H16F3N3O2/c1-9(13-8-16-15(25-19(13)27)5-6-17(22)24-16)18(26)23-10(2)12-4-3-11(20)7-14(12)21/h3-10H,1-2H3,(H,23,26)(H,25,27)/t9-,10-/m0/s1. The third kappa shape index (κ3) is 3.84. The van der Waals surface area contributed by atoms with E-state index in [0.717, 1.165) is 18.2 Å². The molecule has 0 aliphatic heterocycles. The third-order valence-corrected chi connectivity index (χ3v) is 4.34. The minimum Gasteiger partial charge on any atom is -0.349 e. The van der Waals surface area contributed by atoms with Crippen LogP contribution in [0.4, 0.5) is 13.2 Å². The van der Waals surface area contributed by atoms with Gasteiger partial charge in [-0.25, -0.2) is 13.8 Å². The molecule has 3 rings (SSSR count). The first-order valence-electron chi connectivity index (χ1n) is 8.21. The molecule has 1 aromatic carbocycles. The number of H-pyrrole nitrogens is 1. The monoisotopic (exact) mass is 375 g/mol. The van der Waals surface area contributed by atoms with Gasteiger partial charge in [0.2, 0.25) is 11.9 Å². The van der Waals surface area contributed by atoms with E-state index < -0.39 is 41.0 Å².